The summed E-state index contributed by atoms with van der Waals surface area (Å²) in [5.74, 6) is -0.287. The molecule has 1 saturated heterocycles. The minimum absolute atomic E-state index is 0.0436. The highest BCUT2D eigenvalue weighted by atomic mass is 35.5. The van der Waals surface area contributed by atoms with Crippen molar-refractivity contribution < 1.29 is 9.13 Å². The third-order valence-electron chi connectivity index (χ3n) is 3.00. The largest absolute Gasteiger partial charge is 0.381 e. The summed E-state index contributed by atoms with van der Waals surface area (Å²) in [4.78, 5) is 0. The molecular formula is C13H17ClFNO. The third-order valence-corrected chi connectivity index (χ3v) is 3.33. The van der Waals surface area contributed by atoms with Gasteiger partial charge in [0.1, 0.15) is 5.82 Å². The van der Waals surface area contributed by atoms with Gasteiger partial charge in [-0.1, -0.05) is 11.6 Å². The van der Waals surface area contributed by atoms with Gasteiger partial charge < -0.3 is 10.1 Å². The van der Waals surface area contributed by atoms with E-state index in [1.54, 1.807) is 6.07 Å². The monoisotopic (exact) mass is 257 g/mol. The number of anilines is 1. The first-order valence-electron chi connectivity index (χ1n) is 5.83. The Morgan fingerprint density at radius 1 is 1.53 bits per heavy atom. The molecule has 0 aromatic heterocycles. The van der Waals surface area contributed by atoms with Crippen LogP contribution in [-0.2, 0) is 4.74 Å². The van der Waals surface area contributed by atoms with Gasteiger partial charge in [-0.2, -0.15) is 0 Å². The molecule has 0 amide bonds. The molecule has 0 aliphatic carbocycles. The summed E-state index contributed by atoms with van der Waals surface area (Å²) in [6, 6.07) is 4.31. The number of hydrogen-bond donors (Lipinski definition) is 1. The van der Waals surface area contributed by atoms with Gasteiger partial charge in [0.25, 0.3) is 0 Å². The fraction of sp³-hybridized carbons (Fsp3) is 0.538. The Morgan fingerprint density at radius 2 is 2.29 bits per heavy atom. The van der Waals surface area contributed by atoms with Crippen LogP contribution < -0.4 is 5.32 Å². The Labute approximate surface area is 106 Å². The van der Waals surface area contributed by atoms with Crippen molar-refractivity contribution in [2.45, 2.75) is 38.4 Å². The summed E-state index contributed by atoms with van der Waals surface area (Å²) in [6.07, 6.45) is 2.24. The molecule has 2 nitrogen and oxygen atoms in total. The number of ether oxygens (including phenoxy) is 1. The lowest BCUT2D eigenvalue weighted by molar-refractivity contribution is -0.00911. The zero-order valence-electron chi connectivity index (χ0n) is 10.1. The molecule has 0 spiro atoms. The Kier molecular flexibility index (Phi) is 3.59. The van der Waals surface area contributed by atoms with Crippen LogP contribution in [0.5, 0.6) is 0 Å². The van der Waals surface area contributed by atoms with E-state index in [1.807, 2.05) is 0 Å². The van der Waals surface area contributed by atoms with Crippen LogP contribution >= 0.6 is 11.6 Å². The fourth-order valence-corrected chi connectivity index (χ4v) is 2.26. The average Bonchev–Trinajstić information content (AvgIpc) is 2.60. The summed E-state index contributed by atoms with van der Waals surface area (Å²) in [6.45, 7) is 4.83. The average molecular weight is 258 g/mol. The smallest absolute Gasteiger partial charge is 0.125 e. The van der Waals surface area contributed by atoms with Crippen molar-refractivity contribution in [1.82, 2.24) is 0 Å². The van der Waals surface area contributed by atoms with Gasteiger partial charge in [-0.25, -0.2) is 4.39 Å². The molecule has 0 saturated carbocycles. The van der Waals surface area contributed by atoms with Crippen molar-refractivity contribution in [3.63, 3.8) is 0 Å². The van der Waals surface area contributed by atoms with Gasteiger partial charge in [-0.15, -0.1) is 0 Å². The first-order valence-corrected chi connectivity index (χ1v) is 6.21. The van der Waals surface area contributed by atoms with Gasteiger partial charge in [-0.3, -0.25) is 0 Å². The SMILES string of the molecule is CC1(C)CCC(CNc2cc(F)ccc2Cl)O1. The molecule has 1 atom stereocenters. The molecular weight excluding hydrogens is 241 g/mol. The number of hydrogen-bond acceptors (Lipinski definition) is 2. The molecule has 1 N–H and O–H groups in total. The normalized spacial score (nSPS) is 22.7. The molecule has 1 fully saturated rings. The topological polar surface area (TPSA) is 21.3 Å². The Balaban J connectivity index is 1.92. The maximum Gasteiger partial charge on any atom is 0.125 e. The lowest BCUT2D eigenvalue weighted by Gasteiger charge is -2.20. The lowest BCUT2D eigenvalue weighted by Crippen LogP contribution is -2.24. The quantitative estimate of drug-likeness (QED) is 0.888. The van der Waals surface area contributed by atoms with Gasteiger partial charge in [0, 0.05) is 6.54 Å². The van der Waals surface area contributed by atoms with Gasteiger partial charge in [-0.05, 0) is 44.9 Å². The molecule has 0 bridgehead atoms. The van der Waals surface area contributed by atoms with Crippen molar-refractivity contribution in [2.24, 2.45) is 0 Å². The van der Waals surface area contributed by atoms with Crippen LogP contribution in [0.25, 0.3) is 0 Å². The second kappa shape index (κ2) is 4.83. The van der Waals surface area contributed by atoms with E-state index in [4.69, 9.17) is 16.3 Å². The summed E-state index contributed by atoms with van der Waals surface area (Å²) < 4.78 is 18.9. The highest BCUT2D eigenvalue weighted by Crippen LogP contribution is 2.30. The summed E-state index contributed by atoms with van der Waals surface area (Å²) in [5, 5.41) is 3.67. The molecule has 4 heteroatoms. The van der Waals surface area contributed by atoms with Crippen LogP contribution in [0, 0.1) is 5.82 Å². The van der Waals surface area contributed by atoms with Crippen LogP contribution in [0.15, 0.2) is 18.2 Å². The van der Waals surface area contributed by atoms with E-state index in [0.29, 0.717) is 17.3 Å². The molecule has 2 rings (SSSR count). The molecule has 1 unspecified atom stereocenters. The second-order valence-electron chi connectivity index (χ2n) is 5.04. The van der Waals surface area contributed by atoms with E-state index in [9.17, 15) is 4.39 Å². The van der Waals surface area contributed by atoms with Crippen molar-refractivity contribution >= 4 is 17.3 Å². The van der Waals surface area contributed by atoms with E-state index in [-0.39, 0.29) is 17.5 Å². The second-order valence-corrected chi connectivity index (χ2v) is 5.45. The van der Waals surface area contributed by atoms with E-state index in [2.05, 4.69) is 19.2 Å². The van der Waals surface area contributed by atoms with Crippen LogP contribution in [-0.4, -0.2) is 18.2 Å². The van der Waals surface area contributed by atoms with Crippen molar-refractivity contribution in [2.75, 3.05) is 11.9 Å². The van der Waals surface area contributed by atoms with Gasteiger partial charge >= 0.3 is 0 Å². The maximum absolute atomic E-state index is 13.0. The number of benzene rings is 1. The van der Waals surface area contributed by atoms with Gasteiger partial charge in [0.2, 0.25) is 0 Å². The molecule has 1 aromatic rings. The van der Waals surface area contributed by atoms with Crippen LogP contribution in [0.1, 0.15) is 26.7 Å². The van der Waals surface area contributed by atoms with Crippen molar-refractivity contribution in [3.8, 4) is 0 Å². The van der Waals surface area contributed by atoms with E-state index < -0.39 is 0 Å². The minimum atomic E-state index is -0.287. The summed E-state index contributed by atoms with van der Waals surface area (Å²) >= 11 is 5.97. The zero-order valence-corrected chi connectivity index (χ0v) is 10.9. The minimum Gasteiger partial charge on any atom is -0.381 e. The molecule has 94 valence electrons. The number of halogens is 2. The fourth-order valence-electron chi connectivity index (χ4n) is 2.08. The molecule has 1 aliphatic rings. The lowest BCUT2D eigenvalue weighted by atomic mass is 10.1. The van der Waals surface area contributed by atoms with Crippen LogP contribution in [0.4, 0.5) is 10.1 Å². The van der Waals surface area contributed by atoms with Crippen molar-refractivity contribution in [3.05, 3.63) is 29.0 Å². The van der Waals surface area contributed by atoms with Crippen molar-refractivity contribution in [1.29, 1.82) is 0 Å². The standard InChI is InChI=1S/C13H17ClFNO/c1-13(2)6-5-10(17-13)8-16-12-7-9(15)3-4-11(12)14/h3-4,7,10,16H,5-6,8H2,1-2H3. The van der Waals surface area contributed by atoms with Gasteiger partial charge in [0.15, 0.2) is 0 Å². The molecule has 0 radical (unpaired) electrons. The van der Waals surface area contributed by atoms with Gasteiger partial charge in [0.05, 0.1) is 22.4 Å². The Hall–Kier alpha value is -0.800. The maximum atomic E-state index is 13.0. The first-order chi connectivity index (χ1) is 7.96. The summed E-state index contributed by atoms with van der Waals surface area (Å²) in [7, 11) is 0. The highest BCUT2D eigenvalue weighted by molar-refractivity contribution is 6.33. The predicted octanol–water partition coefficient (Wildman–Crippen LogP) is 3.85. The Bertz CT molecular complexity index is 408. The molecule has 1 aromatic carbocycles. The first kappa shape index (κ1) is 12.7. The van der Waals surface area contributed by atoms with Crippen LogP contribution in [0.2, 0.25) is 5.02 Å². The molecule has 1 heterocycles. The Morgan fingerprint density at radius 3 is 2.94 bits per heavy atom. The highest BCUT2D eigenvalue weighted by Gasteiger charge is 2.31. The van der Waals surface area contributed by atoms with E-state index in [1.165, 1.54) is 12.1 Å². The van der Waals surface area contributed by atoms with Crippen LogP contribution in [0.3, 0.4) is 0 Å². The number of rotatable bonds is 3. The zero-order chi connectivity index (χ0) is 12.5. The number of nitrogens with one attached hydrogen (secondary N) is 1. The molecule has 17 heavy (non-hydrogen) atoms. The van der Waals surface area contributed by atoms with E-state index >= 15 is 0 Å². The molecule has 1 aliphatic heterocycles. The predicted molar refractivity (Wildman–Crippen MR) is 68.1 cm³/mol. The summed E-state index contributed by atoms with van der Waals surface area (Å²) in [5.41, 5.74) is 0.581. The van der Waals surface area contributed by atoms with E-state index in [0.717, 1.165) is 12.8 Å². The third kappa shape index (κ3) is 3.33.